The number of nitrogens with one attached hydrogen (secondary N) is 1. The van der Waals surface area contributed by atoms with Crippen molar-refractivity contribution in [2.24, 2.45) is 0 Å². The Morgan fingerprint density at radius 3 is 2.40 bits per heavy atom. The summed E-state index contributed by atoms with van der Waals surface area (Å²) in [5, 5.41) is 3.22. The number of amides is 4. The molecule has 0 atom stereocenters. The predicted molar refractivity (Wildman–Crippen MR) is 134 cm³/mol. The van der Waals surface area contributed by atoms with E-state index in [1.807, 2.05) is 6.92 Å². The van der Waals surface area contributed by atoms with Gasteiger partial charge in [-0.15, -0.1) is 0 Å². The molecule has 1 fully saturated rings. The number of carbonyl (C=O) groups excluding carboxylic acids is 3. The van der Waals surface area contributed by atoms with Crippen LogP contribution in [0.15, 0.2) is 72.3 Å². The van der Waals surface area contributed by atoms with Gasteiger partial charge in [-0.1, -0.05) is 53.5 Å². The van der Waals surface area contributed by atoms with E-state index in [4.69, 9.17) is 32.7 Å². The zero-order chi connectivity index (χ0) is 24.9. The quantitative estimate of drug-likeness (QED) is 0.328. The molecule has 1 N–H and O–H groups in total. The summed E-state index contributed by atoms with van der Waals surface area (Å²) in [4.78, 5) is 38.7. The van der Waals surface area contributed by atoms with Crippen molar-refractivity contribution in [2.45, 2.75) is 13.5 Å². The van der Waals surface area contributed by atoms with Gasteiger partial charge in [-0.25, -0.2) is 9.69 Å². The third kappa shape index (κ3) is 5.48. The maximum absolute atomic E-state index is 13.0. The van der Waals surface area contributed by atoms with Gasteiger partial charge in [-0.3, -0.25) is 14.9 Å². The number of para-hydroxylation sites is 1. The van der Waals surface area contributed by atoms with Crippen LogP contribution < -0.4 is 19.7 Å². The highest BCUT2D eigenvalue weighted by atomic mass is 35.5. The maximum Gasteiger partial charge on any atom is 0.335 e. The zero-order valence-corrected chi connectivity index (χ0v) is 20.1. The number of imide groups is 2. The largest absolute Gasteiger partial charge is 0.490 e. The fraction of sp³-hybridized carbons (Fsp3) is 0.115. The number of nitrogens with zero attached hydrogens (tertiary/aromatic N) is 1. The third-order valence-electron chi connectivity index (χ3n) is 5.09. The average Bonchev–Trinajstić information content (AvgIpc) is 2.83. The van der Waals surface area contributed by atoms with Gasteiger partial charge in [0.2, 0.25) is 0 Å². The number of barbiturate groups is 1. The van der Waals surface area contributed by atoms with Crippen LogP contribution in [0.3, 0.4) is 0 Å². The summed E-state index contributed by atoms with van der Waals surface area (Å²) in [6.45, 7) is 2.38. The molecule has 4 amide bonds. The zero-order valence-electron chi connectivity index (χ0n) is 18.6. The van der Waals surface area contributed by atoms with Crippen molar-refractivity contribution in [3.8, 4) is 11.5 Å². The molecule has 0 saturated carbocycles. The average molecular weight is 511 g/mol. The molecule has 0 aromatic heterocycles. The monoisotopic (exact) mass is 510 g/mol. The van der Waals surface area contributed by atoms with Crippen molar-refractivity contribution in [3.05, 3.63) is 93.5 Å². The molecule has 1 saturated heterocycles. The van der Waals surface area contributed by atoms with Gasteiger partial charge >= 0.3 is 6.03 Å². The Hall–Kier alpha value is -3.81. The van der Waals surface area contributed by atoms with Gasteiger partial charge in [-0.2, -0.15) is 0 Å². The Bertz CT molecular complexity index is 1320. The van der Waals surface area contributed by atoms with Crippen molar-refractivity contribution in [1.29, 1.82) is 0 Å². The number of hydrogen-bond acceptors (Lipinski definition) is 5. The number of ether oxygens (including phenoxy) is 2. The number of rotatable bonds is 7. The number of hydrogen-bond donors (Lipinski definition) is 1. The Kier molecular flexibility index (Phi) is 7.39. The lowest BCUT2D eigenvalue weighted by Gasteiger charge is -2.26. The first-order valence-corrected chi connectivity index (χ1v) is 11.4. The second-order valence-electron chi connectivity index (χ2n) is 7.46. The second kappa shape index (κ2) is 10.6. The number of anilines is 1. The van der Waals surface area contributed by atoms with Crippen molar-refractivity contribution >= 4 is 52.8 Å². The topological polar surface area (TPSA) is 84.9 Å². The molecule has 0 aliphatic carbocycles. The molecule has 1 aliphatic rings. The minimum Gasteiger partial charge on any atom is -0.490 e. The lowest BCUT2D eigenvalue weighted by atomic mass is 10.1. The molecule has 7 nitrogen and oxygen atoms in total. The summed E-state index contributed by atoms with van der Waals surface area (Å²) < 4.78 is 11.6. The van der Waals surface area contributed by atoms with Crippen LogP contribution in [0.2, 0.25) is 10.0 Å². The van der Waals surface area contributed by atoms with E-state index < -0.39 is 17.8 Å². The molecule has 3 aromatic rings. The van der Waals surface area contributed by atoms with E-state index >= 15 is 0 Å². The summed E-state index contributed by atoms with van der Waals surface area (Å²) in [6, 6.07) is 17.7. The van der Waals surface area contributed by atoms with Gasteiger partial charge in [0.1, 0.15) is 12.2 Å². The minimum absolute atomic E-state index is 0.183. The summed E-state index contributed by atoms with van der Waals surface area (Å²) in [6.07, 6.45) is 1.41. The van der Waals surface area contributed by atoms with E-state index in [1.165, 1.54) is 6.08 Å². The molecular formula is C26H20Cl2N2O5. The number of benzene rings is 3. The summed E-state index contributed by atoms with van der Waals surface area (Å²) in [5.41, 5.74) is 1.44. The minimum atomic E-state index is -0.803. The highest BCUT2D eigenvalue weighted by Crippen LogP contribution is 2.32. The molecule has 0 bridgehead atoms. The van der Waals surface area contributed by atoms with Crippen molar-refractivity contribution in [2.75, 3.05) is 11.5 Å². The normalized spacial score (nSPS) is 14.8. The van der Waals surface area contributed by atoms with E-state index in [1.54, 1.807) is 66.7 Å². The van der Waals surface area contributed by atoms with Gasteiger partial charge in [0, 0.05) is 15.6 Å². The van der Waals surface area contributed by atoms with Crippen molar-refractivity contribution in [3.63, 3.8) is 0 Å². The van der Waals surface area contributed by atoms with E-state index in [0.717, 1.165) is 10.5 Å². The lowest BCUT2D eigenvalue weighted by Crippen LogP contribution is -2.54. The Morgan fingerprint density at radius 1 is 0.914 bits per heavy atom. The van der Waals surface area contributed by atoms with Crippen LogP contribution in [0, 0.1) is 0 Å². The van der Waals surface area contributed by atoms with E-state index in [2.05, 4.69) is 5.32 Å². The first-order chi connectivity index (χ1) is 16.9. The molecule has 4 rings (SSSR count). The molecule has 0 spiro atoms. The Balaban J connectivity index is 1.61. The van der Waals surface area contributed by atoms with Crippen LogP contribution in [-0.2, 0) is 16.2 Å². The molecule has 3 aromatic carbocycles. The molecular weight excluding hydrogens is 491 g/mol. The Morgan fingerprint density at radius 2 is 1.69 bits per heavy atom. The molecule has 1 heterocycles. The summed E-state index contributed by atoms with van der Waals surface area (Å²) >= 11 is 12.2. The molecule has 9 heteroatoms. The summed E-state index contributed by atoms with van der Waals surface area (Å²) in [7, 11) is 0. The van der Waals surface area contributed by atoms with Crippen LogP contribution in [0.25, 0.3) is 6.08 Å². The Labute approximate surface area is 211 Å². The predicted octanol–water partition coefficient (Wildman–Crippen LogP) is 5.64. The molecule has 1 aliphatic heterocycles. The third-order valence-corrected chi connectivity index (χ3v) is 5.68. The van der Waals surface area contributed by atoms with Crippen molar-refractivity contribution < 1.29 is 23.9 Å². The van der Waals surface area contributed by atoms with Gasteiger partial charge in [0.25, 0.3) is 11.8 Å². The number of halogens is 2. The smallest absolute Gasteiger partial charge is 0.335 e. The first kappa shape index (κ1) is 24.3. The molecule has 0 unspecified atom stereocenters. The maximum atomic E-state index is 13.0. The first-order valence-electron chi connectivity index (χ1n) is 10.7. The van der Waals surface area contributed by atoms with Crippen LogP contribution in [0.1, 0.15) is 18.1 Å². The van der Waals surface area contributed by atoms with Crippen LogP contribution in [0.4, 0.5) is 10.5 Å². The summed E-state index contributed by atoms with van der Waals surface area (Å²) in [5.74, 6) is -0.615. The van der Waals surface area contributed by atoms with Crippen LogP contribution in [0.5, 0.6) is 11.5 Å². The molecule has 35 heavy (non-hydrogen) atoms. The van der Waals surface area contributed by atoms with Gasteiger partial charge < -0.3 is 9.47 Å². The van der Waals surface area contributed by atoms with Crippen LogP contribution >= 0.6 is 23.2 Å². The SMILES string of the molecule is CCOc1cc(/C=C2/C(=O)NC(=O)N(c3ccccc3)C2=O)ccc1OCc1ccc(Cl)cc1Cl. The van der Waals surface area contributed by atoms with Gasteiger partial charge in [0.05, 0.1) is 12.3 Å². The fourth-order valence-corrected chi connectivity index (χ4v) is 3.89. The lowest BCUT2D eigenvalue weighted by molar-refractivity contribution is -0.122. The second-order valence-corrected chi connectivity index (χ2v) is 8.30. The van der Waals surface area contributed by atoms with E-state index in [-0.39, 0.29) is 12.2 Å². The molecule has 178 valence electrons. The highest BCUT2D eigenvalue weighted by Gasteiger charge is 2.36. The number of carbonyl (C=O) groups is 3. The highest BCUT2D eigenvalue weighted by molar-refractivity contribution is 6.39. The standard InChI is InChI=1S/C26H20Cl2N2O5/c1-2-34-23-13-16(8-11-22(23)35-15-17-9-10-18(27)14-21(17)28)12-20-24(31)29-26(33)30(25(20)32)19-6-4-3-5-7-19/h3-14H,2,15H2,1H3,(H,29,31,33)/b20-12-. The molecule has 0 radical (unpaired) electrons. The van der Waals surface area contributed by atoms with E-state index in [9.17, 15) is 14.4 Å². The fourth-order valence-electron chi connectivity index (χ4n) is 3.43. The van der Waals surface area contributed by atoms with E-state index in [0.29, 0.717) is 39.4 Å². The van der Waals surface area contributed by atoms with Gasteiger partial charge in [-0.05, 0) is 55.0 Å². The van der Waals surface area contributed by atoms with Gasteiger partial charge in [0.15, 0.2) is 11.5 Å². The van der Waals surface area contributed by atoms with Crippen molar-refractivity contribution in [1.82, 2.24) is 5.32 Å². The van der Waals surface area contributed by atoms with Crippen LogP contribution in [-0.4, -0.2) is 24.5 Å². The number of urea groups is 1.